The van der Waals surface area contributed by atoms with E-state index in [0.717, 1.165) is 49.2 Å². The third kappa shape index (κ3) is 3.04. The van der Waals surface area contributed by atoms with Gasteiger partial charge in [0.2, 0.25) is 5.91 Å². The van der Waals surface area contributed by atoms with Gasteiger partial charge in [0.15, 0.2) is 0 Å². The van der Waals surface area contributed by atoms with Gasteiger partial charge in [-0.2, -0.15) is 5.10 Å². The molecule has 6 nitrogen and oxygen atoms in total. The molecule has 1 saturated carbocycles. The molecule has 0 spiro atoms. The molecule has 30 heavy (non-hydrogen) atoms. The molecule has 0 bridgehead atoms. The Hall–Kier alpha value is -2.63. The molecule has 1 aromatic carbocycles. The molecular formula is C24H30N4O2. The topological polar surface area (TPSA) is 58.4 Å². The Morgan fingerprint density at radius 3 is 2.53 bits per heavy atom. The number of hydrogen-bond donors (Lipinski definition) is 0. The lowest BCUT2D eigenvalue weighted by molar-refractivity contribution is -0.137. The van der Waals surface area contributed by atoms with Gasteiger partial charge in [0.05, 0.1) is 23.5 Å². The van der Waals surface area contributed by atoms with E-state index in [1.54, 1.807) is 4.68 Å². The summed E-state index contributed by atoms with van der Waals surface area (Å²) >= 11 is 0. The first kappa shape index (κ1) is 19.3. The molecule has 3 aliphatic rings. The Labute approximate surface area is 177 Å². The summed E-state index contributed by atoms with van der Waals surface area (Å²) in [5, 5.41) is 4.68. The van der Waals surface area contributed by atoms with Gasteiger partial charge >= 0.3 is 0 Å². The number of benzene rings is 1. The fourth-order valence-corrected chi connectivity index (χ4v) is 5.73. The molecular weight excluding hydrogens is 376 g/mol. The predicted molar refractivity (Wildman–Crippen MR) is 114 cm³/mol. The molecule has 2 unspecified atom stereocenters. The number of aromatic nitrogens is 2. The standard InChI is InChI=1S/C24H30N4O2/c1-16-21-17(2)27(24(30)22(21)28(25-16)19-11-4-3-5-12-19)20-13-8-14-26(15-20)23(29)18-9-6-7-10-18/h3-5,11-12,17-18,20H,6-10,13-15H2,1-2H3. The summed E-state index contributed by atoms with van der Waals surface area (Å²) in [7, 11) is 0. The van der Waals surface area contributed by atoms with E-state index in [2.05, 4.69) is 12.0 Å². The number of carbonyl (C=O) groups excluding carboxylic acids is 2. The largest absolute Gasteiger partial charge is 0.340 e. The van der Waals surface area contributed by atoms with E-state index in [9.17, 15) is 9.59 Å². The number of nitrogens with zero attached hydrogens (tertiary/aromatic N) is 4. The fraction of sp³-hybridized carbons (Fsp3) is 0.542. The van der Waals surface area contributed by atoms with Gasteiger partial charge in [-0.1, -0.05) is 31.0 Å². The first-order valence-corrected chi connectivity index (χ1v) is 11.3. The molecule has 6 heteroatoms. The molecule has 2 atom stereocenters. The highest BCUT2D eigenvalue weighted by atomic mass is 16.2. The average molecular weight is 407 g/mol. The normalized spacial score (nSPS) is 24.5. The minimum Gasteiger partial charge on any atom is -0.340 e. The van der Waals surface area contributed by atoms with Crippen LogP contribution in [0.2, 0.25) is 0 Å². The highest BCUT2D eigenvalue weighted by molar-refractivity contribution is 5.98. The third-order valence-corrected chi connectivity index (χ3v) is 7.19. The molecule has 1 saturated heterocycles. The van der Waals surface area contributed by atoms with Crippen molar-refractivity contribution in [1.82, 2.24) is 19.6 Å². The Kier molecular flexibility index (Phi) is 4.88. The van der Waals surface area contributed by atoms with Gasteiger partial charge in [0, 0.05) is 24.6 Å². The van der Waals surface area contributed by atoms with Gasteiger partial charge in [0.1, 0.15) is 5.69 Å². The summed E-state index contributed by atoms with van der Waals surface area (Å²) in [4.78, 5) is 30.7. The number of fused-ring (bicyclic) bond motifs is 1. The quantitative estimate of drug-likeness (QED) is 0.777. The Morgan fingerprint density at radius 1 is 1.07 bits per heavy atom. The molecule has 2 aliphatic heterocycles. The molecule has 2 fully saturated rings. The summed E-state index contributed by atoms with van der Waals surface area (Å²) in [5.74, 6) is 0.546. The molecule has 1 aliphatic carbocycles. The van der Waals surface area contributed by atoms with E-state index < -0.39 is 0 Å². The molecule has 5 rings (SSSR count). The monoisotopic (exact) mass is 406 g/mol. The van der Waals surface area contributed by atoms with Crippen LogP contribution in [-0.2, 0) is 4.79 Å². The number of aryl methyl sites for hydroxylation is 1. The summed E-state index contributed by atoms with van der Waals surface area (Å²) in [6.45, 7) is 5.58. The Bertz CT molecular complexity index is 961. The summed E-state index contributed by atoms with van der Waals surface area (Å²) in [6, 6.07) is 9.92. The number of carbonyl (C=O) groups is 2. The van der Waals surface area contributed by atoms with Crippen molar-refractivity contribution in [1.29, 1.82) is 0 Å². The zero-order chi connectivity index (χ0) is 20.8. The second-order valence-corrected chi connectivity index (χ2v) is 9.05. The summed E-state index contributed by atoms with van der Waals surface area (Å²) < 4.78 is 1.80. The van der Waals surface area contributed by atoms with Crippen LogP contribution in [0.4, 0.5) is 0 Å². The zero-order valence-electron chi connectivity index (χ0n) is 17.9. The van der Waals surface area contributed by atoms with Crippen LogP contribution in [0.25, 0.3) is 5.69 Å². The van der Waals surface area contributed by atoms with Crippen molar-refractivity contribution in [2.45, 2.75) is 64.5 Å². The second kappa shape index (κ2) is 7.56. The van der Waals surface area contributed by atoms with Gasteiger partial charge < -0.3 is 9.80 Å². The maximum Gasteiger partial charge on any atom is 0.273 e. The van der Waals surface area contributed by atoms with Crippen LogP contribution < -0.4 is 0 Å². The van der Waals surface area contributed by atoms with Crippen LogP contribution in [0.3, 0.4) is 0 Å². The molecule has 3 heterocycles. The van der Waals surface area contributed by atoms with Crippen LogP contribution >= 0.6 is 0 Å². The van der Waals surface area contributed by atoms with Gasteiger partial charge in [-0.25, -0.2) is 4.68 Å². The lowest BCUT2D eigenvalue weighted by Gasteiger charge is -2.40. The van der Waals surface area contributed by atoms with E-state index in [1.165, 1.54) is 12.8 Å². The van der Waals surface area contributed by atoms with Crippen LogP contribution in [0.5, 0.6) is 0 Å². The summed E-state index contributed by atoms with van der Waals surface area (Å²) in [5.41, 5.74) is 3.53. The minimum atomic E-state index is -0.0171. The fourth-order valence-electron chi connectivity index (χ4n) is 5.73. The van der Waals surface area contributed by atoms with Crippen molar-refractivity contribution < 1.29 is 9.59 Å². The highest BCUT2D eigenvalue weighted by Gasteiger charge is 2.44. The Morgan fingerprint density at radius 2 is 1.80 bits per heavy atom. The van der Waals surface area contributed by atoms with E-state index >= 15 is 0 Å². The first-order chi connectivity index (χ1) is 14.6. The first-order valence-electron chi connectivity index (χ1n) is 11.3. The number of likely N-dealkylation sites (tertiary alicyclic amines) is 1. The van der Waals surface area contributed by atoms with Gasteiger partial charge in [-0.3, -0.25) is 9.59 Å². The number of hydrogen-bond acceptors (Lipinski definition) is 3. The smallest absolute Gasteiger partial charge is 0.273 e. The second-order valence-electron chi connectivity index (χ2n) is 9.05. The van der Waals surface area contributed by atoms with E-state index in [1.807, 2.05) is 47.1 Å². The molecule has 158 valence electrons. The molecule has 2 amide bonds. The molecule has 0 N–H and O–H groups in total. The minimum absolute atomic E-state index is 0.0171. The van der Waals surface area contributed by atoms with Gasteiger partial charge in [-0.15, -0.1) is 0 Å². The van der Waals surface area contributed by atoms with Gasteiger partial charge in [0.25, 0.3) is 5.91 Å². The molecule has 0 radical (unpaired) electrons. The van der Waals surface area contributed by atoms with Crippen molar-refractivity contribution in [3.8, 4) is 5.69 Å². The van der Waals surface area contributed by atoms with E-state index in [4.69, 9.17) is 0 Å². The number of amides is 2. The highest BCUT2D eigenvalue weighted by Crippen LogP contribution is 2.40. The Balaban J connectivity index is 1.41. The maximum absolute atomic E-state index is 13.6. The SMILES string of the molecule is Cc1nn(-c2ccccc2)c2c1C(C)N(C1CCCN(C(=O)C3CCCC3)C1)C2=O. The average Bonchev–Trinajstić information content (AvgIpc) is 3.47. The number of piperidine rings is 1. The predicted octanol–water partition coefficient (Wildman–Crippen LogP) is 3.88. The van der Waals surface area contributed by atoms with Crippen LogP contribution in [0.15, 0.2) is 30.3 Å². The molecule has 2 aromatic rings. The van der Waals surface area contributed by atoms with E-state index in [0.29, 0.717) is 18.1 Å². The van der Waals surface area contributed by atoms with Crippen LogP contribution in [0, 0.1) is 12.8 Å². The zero-order valence-corrected chi connectivity index (χ0v) is 17.9. The van der Waals surface area contributed by atoms with Crippen molar-refractivity contribution >= 4 is 11.8 Å². The number of para-hydroxylation sites is 1. The third-order valence-electron chi connectivity index (χ3n) is 7.19. The van der Waals surface area contributed by atoms with Crippen LogP contribution in [0.1, 0.15) is 73.2 Å². The lowest BCUT2D eigenvalue weighted by Crippen LogP contribution is -2.51. The summed E-state index contributed by atoms with van der Waals surface area (Å²) in [6.07, 6.45) is 6.29. The van der Waals surface area contributed by atoms with E-state index in [-0.39, 0.29) is 23.9 Å². The van der Waals surface area contributed by atoms with Crippen molar-refractivity contribution in [2.75, 3.05) is 13.1 Å². The van der Waals surface area contributed by atoms with Crippen molar-refractivity contribution in [3.05, 3.63) is 47.3 Å². The number of rotatable bonds is 3. The maximum atomic E-state index is 13.6. The van der Waals surface area contributed by atoms with Crippen molar-refractivity contribution in [3.63, 3.8) is 0 Å². The molecule has 1 aromatic heterocycles. The van der Waals surface area contributed by atoms with Gasteiger partial charge in [-0.05, 0) is 51.7 Å². The van der Waals surface area contributed by atoms with Crippen LogP contribution in [-0.4, -0.2) is 50.5 Å². The lowest BCUT2D eigenvalue weighted by atomic mass is 9.99. The van der Waals surface area contributed by atoms with Crippen molar-refractivity contribution in [2.24, 2.45) is 5.92 Å².